The summed E-state index contributed by atoms with van der Waals surface area (Å²) >= 11 is 12.3. The van der Waals surface area contributed by atoms with Gasteiger partial charge in [0.25, 0.3) is 10.0 Å². The van der Waals surface area contributed by atoms with Gasteiger partial charge in [-0.15, -0.1) is 0 Å². The zero-order valence-corrected chi connectivity index (χ0v) is 28.9. The number of nitrogens with zero attached hydrogens (tertiary/aromatic N) is 4. The average molecular weight is 704 g/mol. The van der Waals surface area contributed by atoms with Crippen LogP contribution in [-0.4, -0.2) is 94.6 Å². The van der Waals surface area contributed by atoms with Crippen LogP contribution in [0.25, 0.3) is 0 Å². The molecular formula is C35H41Cl2FN4O4S. The van der Waals surface area contributed by atoms with Crippen molar-refractivity contribution in [3.05, 3.63) is 93.7 Å². The number of rotatable bonds is 9. The van der Waals surface area contributed by atoms with Crippen molar-refractivity contribution in [3.8, 4) is 0 Å². The largest absolute Gasteiger partial charge is 0.369 e. The molecule has 8 nitrogen and oxygen atoms in total. The number of halogens is 3. The van der Waals surface area contributed by atoms with Crippen molar-refractivity contribution in [2.24, 2.45) is 5.92 Å². The Morgan fingerprint density at radius 1 is 0.915 bits per heavy atom. The zero-order valence-electron chi connectivity index (χ0n) is 26.5. The number of hydrogen-bond acceptors (Lipinski definition) is 6. The van der Waals surface area contributed by atoms with Crippen LogP contribution in [0, 0.1) is 11.7 Å². The fraction of sp³-hybridized carbons (Fsp3) is 0.457. The van der Waals surface area contributed by atoms with Crippen LogP contribution in [0.5, 0.6) is 0 Å². The summed E-state index contributed by atoms with van der Waals surface area (Å²) in [6.45, 7) is 4.93. The van der Waals surface area contributed by atoms with Crippen molar-refractivity contribution in [2.75, 3.05) is 63.8 Å². The van der Waals surface area contributed by atoms with Crippen LogP contribution >= 0.6 is 23.2 Å². The standard InChI is InChI=1S/C35H41Cl2FN4O4S/c1-39-17-19-41(20-18-39)35(27-6-4-7-28(38)21-27)26-13-15-40(16-14-26)34(43)24-46-23-29-10-9-25-5-2-3-8-33(25)42(29)47(44,45)30-11-12-31(36)32(37)22-30/h2-8,11-12,21-22,26,29,35H,9-10,13-20,23-24H2,1H3. The molecule has 3 aliphatic rings. The third kappa shape index (κ3) is 7.63. The molecule has 2 atom stereocenters. The first-order valence-electron chi connectivity index (χ1n) is 16.2. The number of benzene rings is 3. The van der Waals surface area contributed by atoms with Crippen LogP contribution in [0.15, 0.2) is 71.6 Å². The van der Waals surface area contributed by atoms with E-state index in [1.54, 1.807) is 18.2 Å². The Bertz CT molecular complexity index is 1680. The summed E-state index contributed by atoms with van der Waals surface area (Å²) in [6.07, 6.45) is 2.87. The molecule has 1 amide bonds. The molecule has 3 aliphatic heterocycles. The van der Waals surface area contributed by atoms with Crippen molar-refractivity contribution in [1.82, 2.24) is 14.7 Å². The lowest BCUT2D eigenvalue weighted by Gasteiger charge is -2.44. The lowest BCUT2D eigenvalue weighted by Crippen LogP contribution is -2.50. The van der Waals surface area contributed by atoms with E-state index < -0.39 is 16.1 Å². The maximum atomic E-state index is 14.3. The second-order valence-corrected chi connectivity index (χ2v) is 15.4. The molecule has 0 spiro atoms. The number of aryl methyl sites for hydroxylation is 1. The van der Waals surface area contributed by atoms with Crippen molar-refractivity contribution >= 4 is 44.8 Å². The smallest absolute Gasteiger partial charge is 0.264 e. The molecule has 252 valence electrons. The molecule has 6 rings (SSSR count). The highest BCUT2D eigenvalue weighted by Gasteiger charge is 2.37. The number of amides is 1. The van der Waals surface area contributed by atoms with E-state index in [4.69, 9.17) is 27.9 Å². The van der Waals surface area contributed by atoms with Crippen molar-refractivity contribution in [2.45, 2.75) is 42.7 Å². The Morgan fingerprint density at radius 3 is 2.38 bits per heavy atom. The maximum Gasteiger partial charge on any atom is 0.264 e. The second-order valence-electron chi connectivity index (χ2n) is 12.8. The molecule has 0 aromatic heterocycles. The van der Waals surface area contributed by atoms with E-state index >= 15 is 0 Å². The molecule has 3 aromatic rings. The molecule has 12 heteroatoms. The summed E-state index contributed by atoms with van der Waals surface area (Å²) in [5.74, 6) is -0.0377. The van der Waals surface area contributed by atoms with Crippen LogP contribution in [-0.2, 0) is 26.0 Å². The van der Waals surface area contributed by atoms with E-state index in [0.717, 1.165) is 50.1 Å². The lowest BCUT2D eigenvalue weighted by atomic mass is 9.84. The van der Waals surface area contributed by atoms with Crippen LogP contribution in [0.2, 0.25) is 10.0 Å². The van der Waals surface area contributed by atoms with Crippen molar-refractivity contribution in [3.63, 3.8) is 0 Å². The van der Waals surface area contributed by atoms with Gasteiger partial charge in [-0.2, -0.15) is 0 Å². The van der Waals surface area contributed by atoms with Crippen LogP contribution in [0.3, 0.4) is 0 Å². The Balaban J connectivity index is 1.09. The van der Waals surface area contributed by atoms with E-state index in [-0.39, 0.29) is 45.9 Å². The number of ether oxygens (including phenoxy) is 1. The Labute approximate surface area is 287 Å². The number of sulfonamides is 1. The van der Waals surface area contributed by atoms with Gasteiger partial charge in [0, 0.05) is 45.3 Å². The Kier molecular flexibility index (Phi) is 10.8. The molecule has 3 aromatic carbocycles. The van der Waals surface area contributed by atoms with E-state index in [1.165, 1.54) is 28.6 Å². The van der Waals surface area contributed by atoms with Gasteiger partial charge >= 0.3 is 0 Å². The van der Waals surface area contributed by atoms with E-state index in [1.807, 2.05) is 29.2 Å². The van der Waals surface area contributed by atoms with Crippen LogP contribution in [0.4, 0.5) is 10.1 Å². The first-order valence-corrected chi connectivity index (χ1v) is 18.4. The summed E-state index contributed by atoms with van der Waals surface area (Å²) in [7, 11) is -1.88. The molecular weight excluding hydrogens is 662 g/mol. The number of piperidine rings is 1. The van der Waals surface area contributed by atoms with Gasteiger partial charge in [-0.05, 0) is 86.2 Å². The number of likely N-dealkylation sites (tertiary alicyclic amines) is 1. The number of anilines is 1. The molecule has 0 radical (unpaired) electrons. The number of likely N-dealkylation sites (N-methyl/N-ethyl adjacent to an activating group) is 1. The van der Waals surface area contributed by atoms with Gasteiger partial charge in [0.05, 0.1) is 33.3 Å². The first-order chi connectivity index (χ1) is 22.6. The zero-order chi connectivity index (χ0) is 33.1. The van der Waals surface area contributed by atoms with Gasteiger partial charge in [0.2, 0.25) is 5.91 Å². The normalized spacial score (nSPS) is 20.6. The fourth-order valence-electron chi connectivity index (χ4n) is 7.21. The summed E-state index contributed by atoms with van der Waals surface area (Å²) in [5.41, 5.74) is 2.52. The molecule has 0 N–H and O–H groups in total. The van der Waals surface area contributed by atoms with E-state index in [0.29, 0.717) is 37.5 Å². The quantitative estimate of drug-likeness (QED) is 0.277. The third-order valence-electron chi connectivity index (χ3n) is 9.75. The maximum absolute atomic E-state index is 14.3. The van der Waals surface area contributed by atoms with E-state index in [9.17, 15) is 17.6 Å². The number of piperazine rings is 1. The van der Waals surface area contributed by atoms with Gasteiger partial charge in [-0.3, -0.25) is 14.0 Å². The minimum absolute atomic E-state index is 0.0423. The topological polar surface area (TPSA) is 73.4 Å². The minimum Gasteiger partial charge on any atom is -0.369 e. The summed E-state index contributed by atoms with van der Waals surface area (Å²) in [5, 5.41) is 0.432. The molecule has 0 bridgehead atoms. The monoisotopic (exact) mass is 702 g/mol. The number of fused-ring (bicyclic) bond motifs is 1. The Hall–Kier alpha value is -2.73. The predicted octanol–water partition coefficient (Wildman–Crippen LogP) is 5.89. The highest BCUT2D eigenvalue weighted by atomic mass is 35.5. The number of carbonyl (C=O) groups excluding carboxylic acids is 1. The number of para-hydroxylation sites is 1. The van der Waals surface area contributed by atoms with E-state index in [2.05, 4.69) is 16.8 Å². The third-order valence-corrected chi connectivity index (χ3v) is 12.4. The van der Waals surface area contributed by atoms with Crippen LogP contribution in [0.1, 0.15) is 36.4 Å². The second kappa shape index (κ2) is 14.8. The van der Waals surface area contributed by atoms with Crippen molar-refractivity contribution < 1.29 is 22.3 Å². The molecule has 0 aliphatic carbocycles. The summed E-state index contributed by atoms with van der Waals surface area (Å²) < 4.78 is 49.6. The highest BCUT2D eigenvalue weighted by Crippen LogP contribution is 2.38. The minimum atomic E-state index is -4.00. The summed E-state index contributed by atoms with van der Waals surface area (Å²) in [6, 6.07) is 18.3. The van der Waals surface area contributed by atoms with Gasteiger partial charge in [-0.1, -0.05) is 53.5 Å². The van der Waals surface area contributed by atoms with Gasteiger partial charge in [-0.25, -0.2) is 12.8 Å². The van der Waals surface area contributed by atoms with Crippen molar-refractivity contribution in [1.29, 1.82) is 0 Å². The van der Waals surface area contributed by atoms with Crippen LogP contribution < -0.4 is 4.31 Å². The first kappa shape index (κ1) is 34.1. The fourth-order valence-corrected chi connectivity index (χ4v) is 9.30. The highest BCUT2D eigenvalue weighted by molar-refractivity contribution is 7.92. The molecule has 2 fully saturated rings. The molecule has 0 saturated carbocycles. The van der Waals surface area contributed by atoms with Gasteiger partial charge in [0.1, 0.15) is 12.4 Å². The number of hydrogen-bond donors (Lipinski definition) is 0. The summed E-state index contributed by atoms with van der Waals surface area (Å²) in [4.78, 5) is 20.0. The molecule has 3 heterocycles. The Morgan fingerprint density at radius 2 is 1.66 bits per heavy atom. The van der Waals surface area contributed by atoms with Gasteiger partial charge < -0.3 is 14.5 Å². The average Bonchev–Trinajstić information content (AvgIpc) is 3.07. The predicted molar refractivity (Wildman–Crippen MR) is 183 cm³/mol. The molecule has 2 unspecified atom stereocenters. The molecule has 47 heavy (non-hydrogen) atoms. The SMILES string of the molecule is CN1CCN(C(c2cccc(F)c2)C2CCN(C(=O)COCC3CCc4ccccc4N3S(=O)(=O)c3ccc(Cl)c(Cl)c3)CC2)CC1. The molecule has 2 saturated heterocycles. The lowest BCUT2D eigenvalue weighted by molar-refractivity contribution is -0.138. The number of carbonyl (C=O) groups is 1. The van der Waals surface area contributed by atoms with Gasteiger partial charge in [0.15, 0.2) is 0 Å².